The van der Waals surface area contributed by atoms with E-state index >= 15 is 0 Å². The fourth-order valence-corrected chi connectivity index (χ4v) is 2.25. The quantitative estimate of drug-likeness (QED) is 0.689. The van der Waals surface area contributed by atoms with Crippen LogP contribution < -0.4 is 11.1 Å². The molecule has 0 saturated carbocycles. The summed E-state index contributed by atoms with van der Waals surface area (Å²) in [6.07, 6.45) is 1.76. The molecule has 5 nitrogen and oxygen atoms in total. The lowest BCUT2D eigenvalue weighted by Crippen LogP contribution is -2.53. The van der Waals surface area contributed by atoms with Crippen molar-refractivity contribution in [3.63, 3.8) is 0 Å². The van der Waals surface area contributed by atoms with Crippen LogP contribution in [0.15, 0.2) is 0 Å². The van der Waals surface area contributed by atoms with Gasteiger partial charge >= 0.3 is 0 Å². The predicted molar refractivity (Wildman–Crippen MR) is 64.8 cm³/mol. The van der Waals surface area contributed by atoms with Crippen LogP contribution >= 0.6 is 0 Å². The Hall–Kier alpha value is -0.620. The molecule has 0 bridgehead atoms. The predicted octanol–water partition coefficient (Wildman–Crippen LogP) is -0.0893. The van der Waals surface area contributed by atoms with Crippen molar-refractivity contribution in [3.05, 3.63) is 0 Å². The van der Waals surface area contributed by atoms with E-state index in [1.165, 1.54) is 0 Å². The van der Waals surface area contributed by atoms with E-state index in [0.29, 0.717) is 12.5 Å². The molecule has 1 unspecified atom stereocenters. The minimum absolute atomic E-state index is 0.292. The molecule has 1 amide bonds. The van der Waals surface area contributed by atoms with Gasteiger partial charge in [0.15, 0.2) is 9.84 Å². The van der Waals surface area contributed by atoms with Gasteiger partial charge < -0.3 is 11.1 Å². The van der Waals surface area contributed by atoms with E-state index in [1.54, 1.807) is 0 Å². The van der Waals surface area contributed by atoms with Crippen molar-refractivity contribution < 1.29 is 13.2 Å². The number of carbonyl (C=O) groups excluding carboxylic acids is 1. The number of hydrogen-bond acceptors (Lipinski definition) is 4. The van der Waals surface area contributed by atoms with Crippen molar-refractivity contribution in [2.75, 3.05) is 18.6 Å². The van der Waals surface area contributed by atoms with Gasteiger partial charge in [-0.2, -0.15) is 0 Å². The van der Waals surface area contributed by atoms with Crippen LogP contribution in [0, 0.1) is 5.92 Å². The number of nitrogens with two attached hydrogens (primary N) is 1. The van der Waals surface area contributed by atoms with E-state index in [1.807, 2.05) is 20.8 Å². The SMILES string of the molecule is CC(C)CC(C)(CN)NC(=O)CS(C)(=O)=O. The van der Waals surface area contributed by atoms with Crippen LogP contribution in [0.3, 0.4) is 0 Å². The van der Waals surface area contributed by atoms with Crippen LogP contribution in [0.1, 0.15) is 27.2 Å². The summed E-state index contributed by atoms with van der Waals surface area (Å²) in [5, 5.41) is 2.69. The molecule has 0 aliphatic rings. The van der Waals surface area contributed by atoms with Crippen molar-refractivity contribution >= 4 is 15.7 Å². The molecule has 0 aromatic rings. The molecule has 0 spiro atoms. The molecule has 0 aliphatic carbocycles. The Balaban J connectivity index is 4.48. The molecular formula is C10H22N2O3S. The zero-order valence-electron chi connectivity index (χ0n) is 10.4. The van der Waals surface area contributed by atoms with Crippen LogP contribution in [0.2, 0.25) is 0 Å². The van der Waals surface area contributed by atoms with Gasteiger partial charge in [0.2, 0.25) is 5.91 Å². The van der Waals surface area contributed by atoms with Crippen LogP contribution in [0.25, 0.3) is 0 Å². The number of carbonyl (C=O) groups is 1. The van der Waals surface area contributed by atoms with Gasteiger partial charge in [-0.3, -0.25) is 4.79 Å². The van der Waals surface area contributed by atoms with Gasteiger partial charge in [0, 0.05) is 18.3 Å². The smallest absolute Gasteiger partial charge is 0.235 e. The molecule has 0 aromatic carbocycles. The van der Waals surface area contributed by atoms with Crippen LogP contribution in [0.4, 0.5) is 0 Å². The van der Waals surface area contributed by atoms with E-state index in [9.17, 15) is 13.2 Å². The maximum absolute atomic E-state index is 11.5. The van der Waals surface area contributed by atoms with Crippen LogP contribution in [-0.4, -0.2) is 38.4 Å². The molecule has 1 atom stereocenters. The molecule has 16 heavy (non-hydrogen) atoms. The first-order chi connectivity index (χ1) is 7.08. The Morgan fingerprint density at radius 1 is 1.44 bits per heavy atom. The minimum Gasteiger partial charge on any atom is -0.349 e. The van der Waals surface area contributed by atoms with Gasteiger partial charge in [0.25, 0.3) is 0 Å². The highest BCUT2D eigenvalue weighted by Gasteiger charge is 2.26. The van der Waals surface area contributed by atoms with E-state index in [-0.39, 0.29) is 0 Å². The van der Waals surface area contributed by atoms with E-state index in [4.69, 9.17) is 5.73 Å². The molecule has 6 heteroatoms. The molecule has 0 saturated heterocycles. The Morgan fingerprint density at radius 2 is 1.94 bits per heavy atom. The van der Waals surface area contributed by atoms with Gasteiger partial charge in [-0.25, -0.2) is 8.42 Å². The number of rotatable bonds is 6. The number of amides is 1. The molecule has 0 radical (unpaired) electrons. The molecule has 96 valence electrons. The van der Waals surface area contributed by atoms with Crippen molar-refractivity contribution in [2.24, 2.45) is 11.7 Å². The Kier molecular flexibility index (Phi) is 5.41. The zero-order chi connectivity index (χ0) is 13.0. The topological polar surface area (TPSA) is 89.3 Å². The first-order valence-corrected chi connectivity index (χ1v) is 7.33. The first kappa shape index (κ1) is 15.4. The van der Waals surface area contributed by atoms with Gasteiger partial charge in [0.05, 0.1) is 0 Å². The van der Waals surface area contributed by atoms with Crippen molar-refractivity contribution in [1.82, 2.24) is 5.32 Å². The second kappa shape index (κ2) is 5.63. The summed E-state index contributed by atoms with van der Waals surface area (Å²) < 4.78 is 21.9. The third-order valence-electron chi connectivity index (χ3n) is 2.14. The maximum atomic E-state index is 11.5. The first-order valence-electron chi connectivity index (χ1n) is 5.27. The van der Waals surface area contributed by atoms with Crippen molar-refractivity contribution in [3.8, 4) is 0 Å². The number of hydrogen-bond donors (Lipinski definition) is 2. The fraction of sp³-hybridized carbons (Fsp3) is 0.900. The maximum Gasteiger partial charge on any atom is 0.235 e. The fourth-order valence-electron chi connectivity index (χ4n) is 1.70. The summed E-state index contributed by atoms with van der Waals surface area (Å²) in [4.78, 5) is 11.5. The van der Waals surface area contributed by atoms with Gasteiger partial charge in [0.1, 0.15) is 5.75 Å². The molecule has 0 aromatic heterocycles. The van der Waals surface area contributed by atoms with Crippen molar-refractivity contribution in [2.45, 2.75) is 32.7 Å². The third kappa shape index (κ3) is 6.79. The average Bonchev–Trinajstić information content (AvgIpc) is 1.98. The second-order valence-electron chi connectivity index (χ2n) is 4.98. The van der Waals surface area contributed by atoms with Crippen LogP contribution in [0.5, 0.6) is 0 Å². The Bertz CT molecular complexity index is 338. The normalized spacial score (nSPS) is 15.9. The molecule has 0 aliphatic heterocycles. The Labute approximate surface area is 97.7 Å². The van der Waals surface area contributed by atoms with Gasteiger partial charge in [-0.1, -0.05) is 13.8 Å². The number of sulfone groups is 1. The lowest BCUT2D eigenvalue weighted by molar-refractivity contribution is -0.120. The second-order valence-corrected chi connectivity index (χ2v) is 7.12. The molecule has 3 N–H and O–H groups in total. The minimum atomic E-state index is -3.29. The van der Waals surface area contributed by atoms with Crippen molar-refractivity contribution in [1.29, 1.82) is 0 Å². The molecule has 0 fully saturated rings. The standard InChI is InChI=1S/C10H22N2O3S/c1-8(2)5-10(3,7-11)12-9(13)6-16(4,14)15/h8H,5-7,11H2,1-4H3,(H,12,13). The molecule has 0 heterocycles. The highest BCUT2D eigenvalue weighted by Crippen LogP contribution is 2.15. The zero-order valence-corrected chi connectivity index (χ0v) is 11.2. The third-order valence-corrected chi connectivity index (χ3v) is 2.93. The van der Waals surface area contributed by atoms with E-state index in [0.717, 1.165) is 12.7 Å². The molecule has 0 rings (SSSR count). The van der Waals surface area contributed by atoms with Gasteiger partial charge in [-0.05, 0) is 19.3 Å². The lowest BCUT2D eigenvalue weighted by atomic mass is 9.91. The lowest BCUT2D eigenvalue weighted by Gasteiger charge is -2.31. The van der Waals surface area contributed by atoms with Gasteiger partial charge in [-0.15, -0.1) is 0 Å². The summed E-state index contributed by atoms with van der Waals surface area (Å²) >= 11 is 0. The largest absolute Gasteiger partial charge is 0.349 e. The summed E-state index contributed by atoms with van der Waals surface area (Å²) in [5.74, 6) is -0.594. The molecular weight excluding hydrogens is 228 g/mol. The highest BCUT2D eigenvalue weighted by atomic mass is 32.2. The average molecular weight is 250 g/mol. The Morgan fingerprint density at radius 3 is 2.25 bits per heavy atom. The van der Waals surface area contributed by atoms with E-state index < -0.39 is 27.0 Å². The van der Waals surface area contributed by atoms with Crippen LogP contribution in [-0.2, 0) is 14.6 Å². The monoisotopic (exact) mass is 250 g/mol. The summed E-state index contributed by atoms with van der Waals surface area (Å²) in [5.41, 5.74) is 5.07. The van der Waals surface area contributed by atoms with E-state index in [2.05, 4.69) is 5.32 Å². The summed E-state index contributed by atoms with van der Waals surface area (Å²) in [7, 11) is -3.29. The number of nitrogens with one attached hydrogen (secondary N) is 1. The summed E-state index contributed by atoms with van der Waals surface area (Å²) in [6, 6.07) is 0. The summed E-state index contributed by atoms with van der Waals surface area (Å²) in [6.45, 7) is 6.17. The highest BCUT2D eigenvalue weighted by molar-refractivity contribution is 7.91.